The third kappa shape index (κ3) is 5.39. The summed E-state index contributed by atoms with van der Waals surface area (Å²) in [7, 11) is -4.04. The van der Waals surface area contributed by atoms with E-state index < -0.39 is 15.9 Å². The Kier molecular flexibility index (Phi) is 7.13. The molecule has 0 spiro atoms. The Bertz CT molecular complexity index is 952. The third-order valence-corrected chi connectivity index (χ3v) is 6.96. The van der Waals surface area contributed by atoms with Crippen LogP contribution in [-0.2, 0) is 21.5 Å². The van der Waals surface area contributed by atoms with Gasteiger partial charge in [-0.25, -0.2) is 4.39 Å². The number of rotatable bonds is 8. The highest BCUT2D eigenvalue weighted by Crippen LogP contribution is 2.28. The summed E-state index contributed by atoms with van der Waals surface area (Å²) < 4.78 is 42.9. The predicted octanol–water partition coefficient (Wildman–Crippen LogP) is 4.91. The van der Waals surface area contributed by atoms with Gasteiger partial charge in [-0.1, -0.05) is 31.9 Å². The quantitative estimate of drug-likeness (QED) is 0.555. The molecule has 0 N–H and O–H groups in total. The van der Waals surface area contributed by atoms with Crippen molar-refractivity contribution in [3.8, 4) is 5.75 Å². The summed E-state index contributed by atoms with van der Waals surface area (Å²) in [5.74, 6) is -0.0277. The first-order valence-electron chi connectivity index (χ1n) is 10.4. The number of carbonyl (C=O) groups excluding carboxylic acids is 1. The summed E-state index contributed by atoms with van der Waals surface area (Å²) in [6.07, 6.45) is 5.01. The highest BCUT2D eigenvalue weighted by Gasteiger charge is 2.29. The minimum absolute atomic E-state index is 0.113. The molecule has 0 aliphatic heterocycles. The van der Waals surface area contributed by atoms with Crippen molar-refractivity contribution < 1.29 is 21.8 Å². The van der Waals surface area contributed by atoms with Crippen molar-refractivity contribution in [3.05, 3.63) is 59.9 Å². The fourth-order valence-corrected chi connectivity index (χ4v) is 4.63. The minimum atomic E-state index is -4.04. The lowest BCUT2D eigenvalue weighted by Gasteiger charge is -2.31. The second kappa shape index (κ2) is 9.60. The molecule has 1 aliphatic rings. The molecular weight excluding hydrogens is 405 g/mol. The molecule has 0 radical (unpaired) electrons. The van der Waals surface area contributed by atoms with Crippen molar-refractivity contribution in [2.24, 2.45) is 5.92 Å². The summed E-state index contributed by atoms with van der Waals surface area (Å²) in [5, 5.41) is 0. The molecule has 5 nitrogen and oxygen atoms in total. The Balaban J connectivity index is 1.70. The van der Waals surface area contributed by atoms with Gasteiger partial charge in [-0.2, -0.15) is 8.42 Å². The molecule has 1 atom stereocenters. The number of hydrogen-bond acceptors (Lipinski definition) is 4. The van der Waals surface area contributed by atoms with Crippen molar-refractivity contribution >= 4 is 16.0 Å². The number of hydrogen-bond donors (Lipinski definition) is 0. The minimum Gasteiger partial charge on any atom is -0.379 e. The van der Waals surface area contributed by atoms with Gasteiger partial charge in [0.2, 0.25) is 5.91 Å². The average molecular weight is 434 g/mol. The zero-order valence-corrected chi connectivity index (χ0v) is 18.2. The van der Waals surface area contributed by atoms with Crippen LogP contribution in [-0.4, -0.2) is 25.3 Å². The van der Waals surface area contributed by atoms with Gasteiger partial charge in [0.15, 0.2) is 0 Å². The first kappa shape index (κ1) is 22.3. The molecule has 162 valence electrons. The normalized spacial score (nSPS) is 15.7. The van der Waals surface area contributed by atoms with E-state index in [1.54, 1.807) is 24.3 Å². The Morgan fingerprint density at radius 1 is 1.10 bits per heavy atom. The van der Waals surface area contributed by atoms with Gasteiger partial charge >= 0.3 is 10.1 Å². The van der Waals surface area contributed by atoms with Gasteiger partial charge in [0, 0.05) is 18.5 Å². The van der Waals surface area contributed by atoms with E-state index in [0.717, 1.165) is 61.9 Å². The Morgan fingerprint density at radius 2 is 1.70 bits per heavy atom. The maximum absolute atomic E-state index is 13.0. The zero-order chi connectivity index (χ0) is 21.7. The predicted molar refractivity (Wildman–Crippen MR) is 113 cm³/mol. The van der Waals surface area contributed by atoms with E-state index in [1.165, 1.54) is 0 Å². The van der Waals surface area contributed by atoms with Crippen molar-refractivity contribution in [3.63, 3.8) is 0 Å². The van der Waals surface area contributed by atoms with Crippen LogP contribution in [0.5, 0.6) is 5.75 Å². The van der Waals surface area contributed by atoms with Gasteiger partial charge in [-0.15, -0.1) is 0 Å². The van der Waals surface area contributed by atoms with E-state index in [9.17, 15) is 17.6 Å². The number of amides is 1. The molecule has 1 fully saturated rings. The SMILES string of the molecule is CCC(C)N(Cc1ccc(OS(=O)(=O)c2ccc(F)cc2)cc1)C(=O)C1CCCC1. The molecule has 2 aromatic rings. The third-order valence-electron chi connectivity index (χ3n) is 5.69. The molecule has 1 saturated carbocycles. The molecule has 2 aromatic carbocycles. The van der Waals surface area contributed by atoms with E-state index in [0.29, 0.717) is 6.54 Å². The van der Waals surface area contributed by atoms with Crippen molar-refractivity contribution in [1.82, 2.24) is 4.90 Å². The van der Waals surface area contributed by atoms with E-state index in [2.05, 4.69) is 13.8 Å². The first-order valence-corrected chi connectivity index (χ1v) is 11.8. The van der Waals surface area contributed by atoms with Crippen LogP contribution in [0.25, 0.3) is 0 Å². The Hall–Kier alpha value is -2.41. The maximum Gasteiger partial charge on any atom is 0.339 e. The van der Waals surface area contributed by atoms with Crippen LogP contribution in [0.1, 0.15) is 51.5 Å². The lowest BCUT2D eigenvalue weighted by Crippen LogP contribution is -2.40. The maximum atomic E-state index is 13.0. The van der Waals surface area contributed by atoms with Gasteiger partial charge in [0.25, 0.3) is 0 Å². The van der Waals surface area contributed by atoms with Crippen LogP contribution in [0.15, 0.2) is 53.4 Å². The summed E-state index contributed by atoms with van der Waals surface area (Å²) in [4.78, 5) is 14.8. The van der Waals surface area contributed by atoms with Crippen LogP contribution >= 0.6 is 0 Å². The molecule has 0 aromatic heterocycles. The average Bonchev–Trinajstić information content (AvgIpc) is 3.27. The summed E-state index contributed by atoms with van der Waals surface area (Å²) in [5.41, 5.74) is 0.910. The lowest BCUT2D eigenvalue weighted by atomic mass is 10.0. The molecule has 30 heavy (non-hydrogen) atoms. The van der Waals surface area contributed by atoms with Gasteiger partial charge in [0.1, 0.15) is 16.5 Å². The van der Waals surface area contributed by atoms with Gasteiger partial charge in [0.05, 0.1) is 0 Å². The van der Waals surface area contributed by atoms with Crippen molar-refractivity contribution in [2.45, 2.75) is 63.4 Å². The second-order valence-corrected chi connectivity index (χ2v) is 9.39. The van der Waals surface area contributed by atoms with Crippen molar-refractivity contribution in [1.29, 1.82) is 0 Å². The van der Waals surface area contributed by atoms with Gasteiger partial charge < -0.3 is 9.08 Å². The number of halogens is 1. The van der Waals surface area contributed by atoms with Crippen LogP contribution in [0.4, 0.5) is 4.39 Å². The van der Waals surface area contributed by atoms with Gasteiger partial charge in [-0.05, 0) is 68.1 Å². The summed E-state index contributed by atoms with van der Waals surface area (Å²) in [6, 6.07) is 11.3. The zero-order valence-electron chi connectivity index (χ0n) is 17.4. The molecule has 3 rings (SSSR count). The van der Waals surface area contributed by atoms with E-state index >= 15 is 0 Å². The second-order valence-electron chi connectivity index (χ2n) is 7.84. The molecular formula is C23H28FNO4S. The molecule has 1 aliphatic carbocycles. The van der Waals surface area contributed by atoms with Crippen molar-refractivity contribution in [2.75, 3.05) is 0 Å². The summed E-state index contributed by atoms with van der Waals surface area (Å²) in [6.45, 7) is 4.60. The van der Waals surface area contributed by atoms with E-state index in [-0.39, 0.29) is 28.5 Å². The van der Waals surface area contributed by atoms with E-state index in [1.807, 2.05) is 4.90 Å². The molecule has 0 heterocycles. The lowest BCUT2D eigenvalue weighted by molar-refractivity contribution is -0.138. The summed E-state index contributed by atoms with van der Waals surface area (Å²) >= 11 is 0. The largest absolute Gasteiger partial charge is 0.379 e. The highest BCUT2D eigenvalue weighted by molar-refractivity contribution is 7.87. The number of benzene rings is 2. The number of nitrogens with zero attached hydrogens (tertiary/aromatic N) is 1. The highest BCUT2D eigenvalue weighted by atomic mass is 32.2. The topological polar surface area (TPSA) is 63.7 Å². The number of carbonyl (C=O) groups is 1. The fourth-order valence-electron chi connectivity index (χ4n) is 3.70. The Labute approximate surface area is 178 Å². The molecule has 0 saturated heterocycles. The molecule has 0 bridgehead atoms. The molecule has 7 heteroatoms. The molecule has 1 amide bonds. The molecule has 1 unspecified atom stereocenters. The van der Waals surface area contributed by atoms with Crippen LogP contribution in [0, 0.1) is 11.7 Å². The standard InChI is InChI=1S/C23H28FNO4S/c1-3-17(2)25(23(26)19-6-4-5-7-19)16-18-8-12-21(13-9-18)29-30(27,28)22-14-10-20(24)11-15-22/h8-15,17,19H,3-7,16H2,1-2H3. The Morgan fingerprint density at radius 3 is 2.27 bits per heavy atom. The van der Waals surface area contributed by atoms with Gasteiger partial charge in [-0.3, -0.25) is 4.79 Å². The smallest absolute Gasteiger partial charge is 0.339 e. The van der Waals surface area contributed by atoms with Crippen LogP contribution < -0.4 is 4.18 Å². The van der Waals surface area contributed by atoms with Crippen LogP contribution in [0.3, 0.4) is 0 Å². The van der Waals surface area contributed by atoms with Crippen LogP contribution in [0.2, 0.25) is 0 Å². The monoisotopic (exact) mass is 433 g/mol. The first-order chi connectivity index (χ1) is 14.3. The van der Waals surface area contributed by atoms with E-state index in [4.69, 9.17) is 4.18 Å². The fraction of sp³-hybridized carbons (Fsp3) is 0.435.